The third-order valence-electron chi connectivity index (χ3n) is 4.04. The van der Waals surface area contributed by atoms with E-state index in [4.69, 9.17) is 0 Å². The average molecular weight is 268 g/mol. The zero-order valence-electron chi connectivity index (χ0n) is 11.6. The van der Waals surface area contributed by atoms with E-state index in [0.717, 1.165) is 23.7 Å². The Bertz CT molecular complexity index is 601. The number of carbonyl (C=O) groups is 1. The molecule has 0 bridgehead atoms. The van der Waals surface area contributed by atoms with Gasteiger partial charge in [-0.2, -0.15) is 0 Å². The number of pyridine rings is 1. The van der Waals surface area contributed by atoms with Crippen LogP contribution in [0.1, 0.15) is 48.9 Å². The summed E-state index contributed by atoms with van der Waals surface area (Å²) in [4.78, 5) is 16.7. The van der Waals surface area contributed by atoms with E-state index in [0.29, 0.717) is 11.6 Å². The van der Waals surface area contributed by atoms with Crippen LogP contribution in [0, 0.1) is 0 Å². The Labute approximate surface area is 119 Å². The maximum atomic E-state index is 12.3. The van der Waals surface area contributed by atoms with Gasteiger partial charge in [0.05, 0.1) is 11.1 Å². The Morgan fingerprint density at radius 2 is 1.85 bits per heavy atom. The van der Waals surface area contributed by atoms with Gasteiger partial charge < -0.3 is 5.32 Å². The van der Waals surface area contributed by atoms with Crippen molar-refractivity contribution in [1.29, 1.82) is 0 Å². The van der Waals surface area contributed by atoms with E-state index in [1.807, 2.05) is 30.3 Å². The Morgan fingerprint density at radius 1 is 1.10 bits per heavy atom. The summed E-state index contributed by atoms with van der Waals surface area (Å²) in [6, 6.07) is 10.1. The van der Waals surface area contributed by atoms with E-state index in [1.54, 1.807) is 6.20 Å². The lowest BCUT2D eigenvalue weighted by atomic mass is 10.1. The number of amides is 1. The maximum Gasteiger partial charge on any atom is 0.253 e. The van der Waals surface area contributed by atoms with Crippen molar-refractivity contribution in [3.05, 3.63) is 42.1 Å². The smallest absolute Gasteiger partial charge is 0.253 e. The van der Waals surface area contributed by atoms with Crippen molar-refractivity contribution in [2.75, 3.05) is 0 Å². The van der Waals surface area contributed by atoms with Crippen LogP contribution in [-0.4, -0.2) is 16.9 Å². The van der Waals surface area contributed by atoms with Gasteiger partial charge >= 0.3 is 0 Å². The summed E-state index contributed by atoms with van der Waals surface area (Å²) < 4.78 is 0. The van der Waals surface area contributed by atoms with E-state index < -0.39 is 0 Å². The number of carbonyl (C=O) groups excluding carboxylic acids is 1. The van der Waals surface area contributed by atoms with Crippen molar-refractivity contribution in [2.45, 2.75) is 44.6 Å². The SMILES string of the molecule is O=C(NC1CCCCCC1)c1cnc2ccccc2c1. The Morgan fingerprint density at radius 3 is 2.65 bits per heavy atom. The standard InChI is InChI=1S/C17H20N2O/c20-17(19-15-8-3-1-2-4-9-15)14-11-13-7-5-6-10-16(13)18-12-14/h5-7,10-12,15H,1-4,8-9H2,(H,19,20). The molecule has 1 N–H and O–H groups in total. The van der Waals surface area contributed by atoms with Crippen molar-refractivity contribution in [3.8, 4) is 0 Å². The third-order valence-corrected chi connectivity index (χ3v) is 4.04. The quantitative estimate of drug-likeness (QED) is 0.844. The summed E-state index contributed by atoms with van der Waals surface area (Å²) in [5.74, 6) is 0.00940. The third kappa shape index (κ3) is 2.98. The van der Waals surface area contributed by atoms with Crippen molar-refractivity contribution in [1.82, 2.24) is 10.3 Å². The van der Waals surface area contributed by atoms with Crippen LogP contribution in [0.3, 0.4) is 0 Å². The first-order chi connectivity index (χ1) is 9.83. The minimum Gasteiger partial charge on any atom is -0.349 e. The van der Waals surface area contributed by atoms with Gasteiger partial charge in [-0.05, 0) is 25.0 Å². The number of para-hydroxylation sites is 1. The van der Waals surface area contributed by atoms with Crippen LogP contribution in [0.4, 0.5) is 0 Å². The highest BCUT2D eigenvalue weighted by molar-refractivity contribution is 5.97. The highest BCUT2D eigenvalue weighted by Gasteiger charge is 2.16. The predicted molar refractivity (Wildman–Crippen MR) is 80.7 cm³/mol. The number of nitrogens with one attached hydrogen (secondary N) is 1. The number of benzene rings is 1. The van der Waals surface area contributed by atoms with Crippen molar-refractivity contribution < 1.29 is 4.79 Å². The molecule has 2 aromatic rings. The summed E-state index contributed by atoms with van der Waals surface area (Å²) in [5.41, 5.74) is 1.59. The lowest BCUT2D eigenvalue weighted by Gasteiger charge is -2.16. The van der Waals surface area contributed by atoms with Crippen molar-refractivity contribution in [2.24, 2.45) is 0 Å². The lowest BCUT2D eigenvalue weighted by Crippen LogP contribution is -2.34. The second kappa shape index (κ2) is 6.04. The lowest BCUT2D eigenvalue weighted by molar-refractivity contribution is 0.0933. The molecule has 0 radical (unpaired) electrons. The van der Waals surface area contributed by atoms with Crippen molar-refractivity contribution >= 4 is 16.8 Å². The van der Waals surface area contributed by atoms with Gasteiger partial charge in [0.1, 0.15) is 0 Å². The molecule has 1 saturated carbocycles. The second-order valence-electron chi connectivity index (χ2n) is 5.58. The van der Waals surface area contributed by atoms with Crippen LogP contribution in [0.2, 0.25) is 0 Å². The van der Waals surface area contributed by atoms with E-state index in [-0.39, 0.29) is 5.91 Å². The number of rotatable bonds is 2. The van der Waals surface area contributed by atoms with Crippen LogP contribution in [-0.2, 0) is 0 Å². The summed E-state index contributed by atoms with van der Waals surface area (Å²) in [6.45, 7) is 0. The molecule has 1 heterocycles. The molecule has 1 amide bonds. The fourth-order valence-corrected chi connectivity index (χ4v) is 2.89. The molecule has 20 heavy (non-hydrogen) atoms. The topological polar surface area (TPSA) is 42.0 Å². The zero-order valence-corrected chi connectivity index (χ0v) is 11.6. The minimum atomic E-state index is 0.00940. The number of fused-ring (bicyclic) bond motifs is 1. The highest BCUT2D eigenvalue weighted by atomic mass is 16.1. The number of hydrogen-bond donors (Lipinski definition) is 1. The molecule has 104 valence electrons. The van der Waals surface area contributed by atoms with Gasteiger partial charge in [-0.15, -0.1) is 0 Å². The summed E-state index contributed by atoms with van der Waals surface area (Å²) >= 11 is 0. The van der Waals surface area contributed by atoms with Gasteiger partial charge in [0.2, 0.25) is 0 Å². The number of hydrogen-bond acceptors (Lipinski definition) is 2. The predicted octanol–water partition coefficient (Wildman–Crippen LogP) is 3.69. The largest absolute Gasteiger partial charge is 0.349 e. The van der Waals surface area contributed by atoms with Crippen LogP contribution in [0.25, 0.3) is 10.9 Å². The molecule has 1 fully saturated rings. The van der Waals surface area contributed by atoms with E-state index >= 15 is 0 Å². The fourth-order valence-electron chi connectivity index (χ4n) is 2.89. The Balaban J connectivity index is 1.74. The first-order valence-corrected chi connectivity index (χ1v) is 7.48. The molecule has 1 aliphatic carbocycles. The van der Waals surface area contributed by atoms with Gasteiger partial charge in [0.15, 0.2) is 0 Å². The molecule has 3 rings (SSSR count). The van der Waals surface area contributed by atoms with Gasteiger partial charge in [-0.25, -0.2) is 0 Å². The first-order valence-electron chi connectivity index (χ1n) is 7.48. The van der Waals surface area contributed by atoms with Gasteiger partial charge in [-0.3, -0.25) is 9.78 Å². The molecule has 0 spiro atoms. The molecule has 3 heteroatoms. The number of aromatic nitrogens is 1. The molecule has 0 aliphatic heterocycles. The van der Waals surface area contributed by atoms with Crippen LogP contribution in [0.5, 0.6) is 0 Å². The van der Waals surface area contributed by atoms with Gasteiger partial charge in [0.25, 0.3) is 5.91 Å². The van der Waals surface area contributed by atoms with E-state index in [1.165, 1.54) is 25.7 Å². The maximum absolute atomic E-state index is 12.3. The van der Waals surface area contributed by atoms with Crippen LogP contribution < -0.4 is 5.32 Å². The molecule has 1 aliphatic rings. The molecule has 0 unspecified atom stereocenters. The fraction of sp³-hybridized carbons (Fsp3) is 0.412. The van der Waals surface area contributed by atoms with Gasteiger partial charge in [0, 0.05) is 17.6 Å². The Kier molecular flexibility index (Phi) is 3.95. The molecular formula is C17H20N2O. The van der Waals surface area contributed by atoms with Crippen molar-refractivity contribution in [3.63, 3.8) is 0 Å². The zero-order chi connectivity index (χ0) is 13.8. The van der Waals surface area contributed by atoms with Crippen LogP contribution >= 0.6 is 0 Å². The molecule has 0 saturated heterocycles. The molecule has 3 nitrogen and oxygen atoms in total. The van der Waals surface area contributed by atoms with Crippen LogP contribution in [0.15, 0.2) is 36.5 Å². The number of nitrogens with zero attached hydrogens (tertiary/aromatic N) is 1. The second-order valence-corrected chi connectivity index (χ2v) is 5.58. The molecule has 0 atom stereocenters. The molecular weight excluding hydrogens is 248 g/mol. The minimum absolute atomic E-state index is 0.00940. The first kappa shape index (κ1) is 13.1. The van der Waals surface area contributed by atoms with Gasteiger partial charge in [-0.1, -0.05) is 43.9 Å². The molecule has 1 aromatic carbocycles. The average Bonchev–Trinajstić information content (AvgIpc) is 2.75. The monoisotopic (exact) mass is 268 g/mol. The van der Waals surface area contributed by atoms with E-state index in [2.05, 4.69) is 10.3 Å². The normalized spacial score (nSPS) is 16.8. The summed E-state index contributed by atoms with van der Waals surface area (Å²) in [7, 11) is 0. The summed E-state index contributed by atoms with van der Waals surface area (Å²) in [6.07, 6.45) is 8.92. The van der Waals surface area contributed by atoms with E-state index in [9.17, 15) is 4.79 Å². The summed E-state index contributed by atoms with van der Waals surface area (Å²) in [5, 5.41) is 4.18. The highest BCUT2D eigenvalue weighted by Crippen LogP contribution is 2.18. The molecule has 1 aromatic heterocycles. The Hall–Kier alpha value is -1.90.